The van der Waals surface area contributed by atoms with Gasteiger partial charge in [-0.05, 0) is 44.7 Å². The van der Waals surface area contributed by atoms with E-state index in [1.54, 1.807) is 0 Å². The molecule has 0 aliphatic heterocycles. The van der Waals surface area contributed by atoms with Crippen molar-refractivity contribution in [2.75, 3.05) is 0 Å². The van der Waals surface area contributed by atoms with Crippen LogP contribution in [0, 0.1) is 12.1 Å². The summed E-state index contributed by atoms with van der Waals surface area (Å²) in [6.45, 7) is 11.4. The second-order valence-electron chi connectivity index (χ2n) is 12.4. The molecule has 0 aliphatic carbocycles. The van der Waals surface area contributed by atoms with Gasteiger partial charge in [-0.1, -0.05) is 122 Å². The number of hydrogen-bond acceptors (Lipinski definition) is 2. The zero-order chi connectivity index (χ0) is 30.0. The van der Waals surface area contributed by atoms with Crippen LogP contribution in [-0.2, 0) is 20.1 Å². The maximum absolute atomic E-state index is 4.61. The number of aromatic nitrogens is 2. The van der Waals surface area contributed by atoms with Gasteiger partial charge < -0.3 is 9.97 Å². The minimum absolute atomic E-state index is 0. The first kappa shape index (κ1) is 31.5. The molecule has 0 N–H and O–H groups in total. The normalized spacial score (nSPS) is 11.3. The molecular weight excluding hydrogens is 729 g/mol. The number of rotatable bonds is 4. The van der Waals surface area contributed by atoms with Crippen LogP contribution in [-0.4, -0.2) is 18.0 Å². The van der Waals surface area contributed by atoms with Crippen molar-refractivity contribution < 1.29 is 20.1 Å². The van der Waals surface area contributed by atoms with E-state index in [4.69, 9.17) is 0 Å². The Bertz CT molecular complexity index is 1990. The predicted molar refractivity (Wildman–Crippen MR) is 187 cm³/mol. The standard InChI is InChI=1S/C26H20N.C14H16NSi.Ir/c1-17(2)18-13-14-27-26(16-18)19-11-12-24-22-9-4-3-7-20(22)21-8-5-6-10-23(21)25(24)15-19;1-16(2,3)13-9-10-14(15-11-13)12-7-5-4-6-8-12;/h3-10,12-17H,1-2H3;4-7,9-11H,1-3H3;/q2*-1;. The third-order valence-electron chi connectivity index (χ3n) is 8.02. The fourth-order valence-corrected chi connectivity index (χ4v) is 6.53. The van der Waals surface area contributed by atoms with Crippen molar-refractivity contribution >= 4 is 45.6 Å². The quantitative estimate of drug-likeness (QED) is 0.101. The first-order chi connectivity index (χ1) is 20.8. The van der Waals surface area contributed by atoms with Crippen LogP contribution in [0.15, 0.2) is 122 Å². The summed E-state index contributed by atoms with van der Waals surface area (Å²) in [5.41, 5.74) is 5.40. The summed E-state index contributed by atoms with van der Waals surface area (Å²) in [5, 5.41) is 9.04. The second-order valence-corrected chi connectivity index (χ2v) is 17.4. The summed E-state index contributed by atoms with van der Waals surface area (Å²) >= 11 is 0. The molecule has 4 heteroatoms. The molecule has 7 aromatic rings. The van der Waals surface area contributed by atoms with E-state index >= 15 is 0 Å². The monoisotopic (exact) mass is 765 g/mol. The van der Waals surface area contributed by atoms with Crippen molar-refractivity contribution in [3.05, 3.63) is 139 Å². The van der Waals surface area contributed by atoms with Gasteiger partial charge in [0.15, 0.2) is 0 Å². The molecule has 221 valence electrons. The Kier molecular flexibility index (Phi) is 9.55. The Hall–Kier alpha value is -3.95. The number of pyridine rings is 2. The summed E-state index contributed by atoms with van der Waals surface area (Å²) in [6.07, 6.45) is 3.92. The molecule has 7 rings (SSSR count). The fourth-order valence-electron chi connectivity index (χ4n) is 5.49. The summed E-state index contributed by atoms with van der Waals surface area (Å²) in [5.74, 6) is 0.483. The van der Waals surface area contributed by atoms with Gasteiger partial charge in [-0.25, -0.2) is 0 Å². The Labute approximate surface area is 275 Å². The number of nitrogens with zero attached hydrogens (tertiary/aromatic N) is 2. The van der Waals surface area contributed by atoms with Crippen LogP contribution in [0.4, 0.5) is 0 Å². The Morgan fingerprint density at radius 1 is 0.591 bits per heavy atom. The van der Waals surface area contributed by atoms with Crippen LogP contribution < -0.4 is 5.19 Å². The van der Waals surface area contributed by atoms with Crippen LogP contribution in [0.3, 0.4) is 0 Å². The molecule has 0 amide bonds. The maximum Gasteiger partial charge on any atom is 0.0795 e. The van der Waals surface area contributed by atoms with E-state index in [-0.39, 0.29) is 20.1 Å². The molecular formula is C40H36IrN2Si-2. The molecule has 0 atom stereocenters. The summed E-state index contributed by atoms with van der Waals surface area (Å²) in [7, 11) is -1.23. The van der Waals surface area contributed by atoms with Crippen molar-refractivity contribution in [3.8, 4) is 22.5 Å². The molecule has 1 radical (unpaired) electrons. The van der Waals surface area contributed by atoms with Crippen LogP contribution >= 0.6 is 0 Å². The zero-order valence-electron chi connectivity index (χ0n) is 25.9. The van der Waals surface area contributed by atoms with E-state index in [1.165, 1.54) is 43.1 Å². The molecule has 0 saturated heterocycles. The SMILES string of the molecule is CC(C)c1ccnc(-c2[c-]cc3c4ccccc4c4ccccc4c3c2)c1.C[Si](C)(C)c1ccc(-c2[c-]cccc2)nc1.[Ir]. The molecule has 0 spiro atoms. The average molecular weight is 765 g/mol. The van der Waals surface area contributed by atoms with Crippen LogP contribution in [0.25, 0.3) is 54.8 Å². The van der Waals surface area contributed by atoms with Gasteiger partial charge >= 0.3 is 0 Å². The number of fused-ring (bicyclic) bond motifs is 6. The van der Waals surface area contributed by atoms with Gasteiger partial charge in [0.05, 0.1) is 8.07 Å². The Morgan fingerprint density at radius 2 is 1.23 bits per heavy atom. The van der Waals surface area contributed by atoms with E-state index in [2.05, 4.69) is 141 Å². The van der Waals surface area contributed by atoms with Crippen LogP contribution in [0.2, 0.25) is 19.6 Å². The number of hydrogen-bond donors (Lipinski definition) is 0. The van der Waals surface area contributed by atoms with E-state index in [9.17, 15) is 0 Å². The molecule has 2 nitrogen and oxygen atoms in total. The van der Waals surface area contributed by atoms with Crippen molar-refractivity contribution in [2.24, 2.45) is 0 Å². The van der Waals surface area contributed by atoms with Crippen LogP contribution in [0.5, 0.6) is 0 Å². The Morgan fingerprint density at radius 3 is 1.80 bits per heavy atom. The van der Waals surface area contributed by atoms with E-state index < -0.39 is 8.07 Å². The van der Waals surface area contributed by atoms with Crippen molar-refractivity contribution in [2.45, 2.75) is 39.4 Å². The van der Waals surface area contributed by atoms with Gasteiger partial charge in [-0.15, -0.1) is 59.7 Å². The second kappa shape index (κ2) is 13.4. The fraction of sp³-hybridized carbons (Fsp3) is 0.150. The van der Waals surface area contributed by atoms with Gasteiger partial charge in [0.2, 0.25) is 0 Å². The largest absolute Gasteiger partial charge is 0.305 e. The smallest absolute Gasteiger partial charge is 0.0795 e. The molecule has 0 fully saturated rings. The summed E-state index contributed by atoms with van der Waals surface area (Å²) < 4.78 is 0. The molecule has 2 aromatic heterocycles. The van der Waals surface area contributed by atoms with Gasteiger partial charge in [0.25, 0.3) is 0 Å². The van der Waals surface area contributed by atoms with Crippen LogP contribution in [0.1, 0.15) is 25.3 Å². The van der Waals surface area contributed by atoms with Crippen molar-refractivity contribution in [1.82, 2.24) is 9.97 Å². The molecule has 0 aliphatic rings. The van der Waals surface area contributed by atoms with Gasteiger partial charge in [-0.2, -0.15) is 0 Å². The van der Waals surface area contributed by atoms with Crippen molar-refractivity contribution in [3.63, 3.8) is 0 Å². The molecule has 0 bridgehead atoms. The van der Waals surface area contributed by atoms with E-state index in [0.29, 0.717) is 5.92 Å². The third-order valence-corrected chi connectivity index (χ3v) is 10.0. The van der Waals surface area contributed by atoms with Gasteiger partial charge in [0.1, 0.15) is 0 Å². The predicted octanol–water partition coefficient (Wildman–Crippen LogP) is 10.2. The molecule has 5 aromatic carbocycles. The first-order valence-corrected chi connectivity index (χ1v) is 18.4. The van der Waals surface area contributed by atoms with E-state index in [0.717, 1.165) is 22.5 Å². The molecule has 0 unspecified atom stereocenters. The number of benzene rings is 5. The minimum atomic E-state index is -1.23. The first-order valence-electron chi connectivity index (χ1n) is 14.9. The summed E-state index contributed by atoms with van der Waals surface area (Å²) in [4.78, 5) is 9.13. The third kappa shape index (κ3) is 6.59. The molecule has 2 heterocycles. The average Bonchev–Trinajstić information content (AvgIpc) is 3.05. The topological polar surface area (TPSA) is 25.8 Å². The van der Waals surface area contributed by atoms with Gasteiger partial charge in [0, 0.05) is 32.5 Å². The minimum Gasteiger partial charge on any atom is -0.305 e. The summed E-state index contributed by atoms with van der Waals surface area (Å²) in [6, 6.07) is 44.9. The van der Waals surface area contributed by atoms with E-state index in [1.807, 2.05) is 36.7 Å². The Balaban J connectivity index is 0.000000194. The molecule has 0 saturated carbocycles. The van der Waals surface area contributed by atoms with Gasteiger partial charge in [-0.3, -0.25) is 0 Å². The maximum atomic E-state index is 4.61. The van der Waals surface area contributed by atoms with Crippen molar-refractivity contribution in [1.29, 1.82) is 0 Å². The molecule has 44 heavy (non-hydrogen) atoms. The zero-order valence-corrected chi connectivity index (χ0v) is 29.2.